The number of amides is 1. The van der Waals surface area contributed by atoms with Gasteiger partial charge in [0.1, 0.15) is 6.04 Å². The Bertz CT molecular complexity index is 442. The Morgan fingerprint density at radius 1 is 1.50 bits per heavy atom. The fourth-order valence-corrected chi connectivity index (χ4v) is 3.74. The van der Waals surface area contributed by atoms with E-state index >= 15 is 0 Å². The second-order valence-corrected chi connectivity index (χ2v) is 6.96. The second-order valence-electron chi connectivity index (χ2n) is 5.68. The van der Waals surface area contributed by atoms with Crippen molar-refractivity contribution in [2.45, 2.75) is 39.2 Å². The summed E-state index contributed by atoms with van der Waals surface area (Å²) in [6, 6.07) is -0.737. The van der Waals surface area contributed by atoms with E-state index in [9.17, 15) is 19.5 Å². The van der Waals surface area contributed by atoms with Crippen molar-refractivity contribution in [2.75, 3.05) is 18.8 Å². The van der Waals surface area contributed by atoms with Gasteiger partial charge in [-0.3, -0.25) is 14.6 Å². The molecule has 2 heterocycles. The van der Waals surface area contributed by atoms with Crippen LogP contribution in [-0.2, 0) is 14.4 Å². The molecule has 0 spiro atoms. The zero-order valence-corrected chi connectivity index (χ0v) is 12.6. The molecule has 2 aliphatic rings. The summed E-state index contributed by atoms with van der Waals surface area (Å²) in [6.45, 7) is 4.66. The van der Waals surface area contributed by atoms with Crippen molar-refractivity contribution in [3.05, 3.63) is 0 Å². The van der Waals surface area contributed by atoms with Crippen molar-refractivity contribution in [2.24, 2.45) is 5.41 Å². The summed E-state index contributed by atoms with van der Waals surface area (Å²) in [5, 5.41) is 12.6. The van der Waals surface area contributed by atoms with E-state index in [1.54, 1.807) is 0 Å². The van der Waals surface area contributed by atoms with Gasteiger partial charge in [-0.2, -0.15) is 0 Å². The second kappa shape index (κ2) is 5.73. The molecule has 2 atom stereocenters. The Kier molecular flexibility index (Phi) is 4.39. The predicted molar refractivity (Wildman–Crippen MR) is 74.9 cm³/mol. The Labute approximate surface area is 122 Å². The number of rotatable bonds is 4. The first-order valence-electron chi connectivity index (χ1n) is 6.80. The fourth-order valence-electron chi connectivity index (χ4n) is 2.90. The lowest BCUT2D eigenvalue weighted by molar-refractivity contribution is -0.165. The van der Waals surface area contributed by atoms with Gasteiger partial charge in [0.15, 0.2) is 5.12 Å². The molecule has 0 bridgehead atoms. The first-order valence-corrected chi connectivity index (χ1v) is 7.78. The highest BCUT2D eigenvalue weighted by molar-refractivity contribution is 8.13. The van der Waals surface area contributed by atoms with Crippen molar-refractivity contribution in [1.82, 2.24) is 10.0 Å². The van der Waals surface area contributed by atoms with E-state index in [0.717, 1.165) is 13.0 Å². The van der Waals surface area contributed by atoms with Crippen LogP contribution in [0.25, 0.3) is 0 Å². The van der Waals surface area contributed by atoms with E-state index in [1.807, 2.05) is 11.9 Å². The zero-order chi connectivity index (χ0) is 14.9. The molecule has 0 radical (unpaired) electrons. The highest BCUT2D eigenvalue weighted by Gasteiger charge is 2.52. The van der Waals surface area contributed by atoms with Crippen LogP contribution in [-0.4, -0.2) is 57.0 Å². The van der Waals surface area contributed by atoms with E-state index in [4.69, 9.17) is 0 Å². The van der Waals surface area contributed by atoms with E-state index in [-0.39, 0.29) is 11.0 Å². The minimum Gasteiger partial charge on any atom is -0.480 e. The van der Waals surface area contributed by atoms with Gasteiger partial charge >= 0.3 is 5.97 Å². The number of hydrogen-bond donors (Lipinski definition) is 1. The molecule has 0 aromatic rings. The quantitative estimate of drug-likeness (QED) is 0.833. The first kappa shape index (κ1) is 15.3. The van der Waals surface area contributed by atoms with Crippen LogP contribution in [0, 0.1) is 5.41 Å². The summed E-state index contributed by atoms with van der Waals surface area (Å²) < 4.78 is 0. The number of hydrazine groups is 1. The number of hydrogen-bond acceptors (Lipinski definition) is 5. The third-order valence-corrected chi connectivity index (χ3v) is 4.81. The number of carboxylic acid groups (broad SMARTS) is 1. The number of carbonyl (C=O) groups is 3. The SMILES string of the molecule is CC(=O)SCCC1(C)CN2CCCC(C(=O)O)N2C1=O. The summed E-state index contributed by atoms with van der Waals surface area (Å²) in [5.74, 6) is -0.462. The van der Waals surface area contributed by atoms with E-state index in [0.29, 0.717) is 25.1 Å². The molecular weight excluding hydrogens is 280 g/mol. The van der Waals surface area contributed by atoms with Gasteiger partial charge in [-0.1, -0.05) is 11.8 Å². The minimum atomic E-state index is -0.939. The lowest BCUT2D eigenvalue weighted by Crippen LogP contribution is -2.53. The van der Waals surface area contributed by atoms with Gasteiger partial charge in [-0.15, -0.1) is 0 Å². The number of aliphatic carboxylic acids is 1. The molecule has 0 saturated carbocycles. The summed E-state index contributed by atoms with van der Waals surface area (Å²) in [7, 11) is 0. The fraction of sp³-hybridized carbons (Fsp3) is 0.769. The van der Waals surface area contributed by atoms with Gasteiger partial charge in [-0.25, -0.2) is 9.80 Å². The highest BCUT2D eigenvalue weighted by Crippen LogP contribution is 2.38. The maximum absolute atomic E-state index is 12.6. The average molecular weight is 300 g/mol. The molecule has 2 unspecified atom stereocenters. The third-order valence-electron chi connectivity index (χ3n) is 3.99. The molecule has 112 valence electrons. The van der Waals surface area contributed by atoms with Gasteiger partial charge in [0.05, 0.1) is 5.41 Å². The van der Waals surface area contributed by atoms with Crippen molar-refractivity contribution in [3.63, 3.8) is 0 Å². The molecule has 1 amide bonds. The standard InChI is InChI=1S/C13H20N2O4S/c1-9(16)20-7-5-13(2)8-14-6-3-4-10(11(17)18)15(14)12(13)19/h10H,3-8H2,1-2H3,(H,17,18). The van der Waals surface area contributed by atoms with Crippen molar-refractivity contribution >= 4 is 28.8 Å². The molecule has 7 heteroatoms. The number of thioether (sulfide) groups is 1. The smallest absolute Gasteiger partial charge is 0.328 e. The average Bonchev–Trinajstić information content (AvgIpc) is 2.61. The molecular formula is C13H20N2O4S. The Morgan fingerprint density at radius 2 is 2.20 bits per heavy atom. The molecule has 1 N–H and O–H groups in total. The van der Waals surface area contributed by atoms with Crippen LogP contribution in [0.15, 0.2) is 0 Å². The normalized spacial score (nSPS) is 30.4. The highest BCUT2D eigenvalue weighted by atomic mass is 32.2. The van der Waals surface area contributed by atoms with Crippen molar-refractivity contribution < 1.29 is 19.5 Å². The van der Waals surface area contributed by atoms with Crippen molar-refractivity contribution in [3.8, 4) is 0 Å². The number of carbonyl (C=O) groups excluding carboxylic acids is 2. The van der Waals surface area contributed by atoms with E-state index in [2.05, 4.69) is 0 Å². The molecule has 0 aliphatic carbocycles. The topological polar surface area (TPSA) is 77.9 Å². The molecule has 2 rings (SSSR count). The van der Waals surface area contributed by atoms with Gasteiger partial charge in [0, 0.05) is 25.8 Å². The van der Waals surface area contributed by atoms with Crippen LogP contribution in [0.2, 0.25) is 0 Å². The number of nitrogens with zero attached hydrogens (tertiary/aromatic N) is 2. The number of carboxylic acids is 1. The molecule has 0 aromatic carbocycles. The molecule has 6 nitrogen and oxygen atoms in total. The van der Waals surface area contributed by atoms with Gasteiger partial charge in [0.25, 0.3) is 0 Å². The van der Waals surface area contributed by atoms with Crippen LogP contribution in [0.3, 0.4) is 0 Å². The Morgan fingerprint density at radius 3 is 2.80 bits per heavy atom. The summed E-state index contributed by atoms with van der Waals surface area (Å²) in [5.41, 5.74) is -0.583. The van der Waals surface area contributed by atoms with Crippen LogP contribution in [0.1, 0.15) is 33.1 Å². The summed E-state index contributed by atoms with van der Waals surface area (Å²) in [6.07, 6.45) is 1.89. The van der Waals surface area contributed by atoms with Crippen LogP contribution in [0.5, 0.6) is 0 Å². The van der Waals surface area contributed by atoms with Crippen molar-refractivity contribution in [1.29, 1.82) is 0 Å². The lowest BCUT2D eigenvalue weighted by atomic mass is 9.87. The van der Waals surface area contributed by atoms with E-state index in [1.165, 1.54) is 23.7 Å². The Balaban J connectivity index is 2.09. The third kappa shape index (κ3) is 2.83. The maximum Gasteiger partial charge on any atom is 0.328 e. The predicted octanol–water partition coefficient (Wildman–Crippen LogP) is 0.969. The Hall–Kier alpha value is -1.08. The molecule has 2 aliphatic heterocycles. The molecule has 2 saturated heterocycles. The van der Waals surface area contributed by atoms with E-state index < -0.39 is 17.4 Å². The number of fused-ring (bicyclic) bond motifs is 1. The maximum atomic E-state index is 12.6. The van der Waals surface area contributed by atoms with Gasteiger partial charge in [-0.05, 0) is 26.2 Å². The largest absolute Gasteiger partial charge is 0.480 e. The summed E-state index contributed by atoms with van der Waals surface area (Å²) in [4.78, 5) is 34.8. The molecule has 20 heavy (non-hydrogen) atoms. The van der Waals surface area contributed by atoms with Crippen LogP contribution >= 0.6 is 11.8 Å². The van der Waals surface area contributed by atoms with Gasteiger partial charge in [0.2, 0.25) is 5.91 Å². The summed E-state index contributed by atoms with van der Waals surface area (Å²) >= 11 is 1.21. The van der Waals surface area contributed by atoms with Crippen LogP contribution < -0.4 is 0 Å². The lowest BCUT2D eigenvalue weighted by Gasteiger charge is -2.37. The van der Waals surface area contributed by atoms with Crippen LogP contribution in [0.4, 0.5) is 0 Å². The first-order chi connectivity index (χ1) is 9.35. The zero-order valence-electron chi connectivity index (χ0n) is 11.8. The van der Waals surface area contributed by atoms with Gasteiger partial charge < -0.3 is 5.11 Å². The molecule has 0 aromatic heterocycles. The molecule has 2 fully saturated rings. The minimum absolute atomic E-state index is 0.0421. The monoisotopic (exact) mass is 300 g/mol.